The van der Waals surface area contributed by atoms with Gasteiger partial charge in [-0.1, -0.05) is 31.0 Å². The number of aryl methyl sites for hydroxylation is 1. The maximum atomic E-state index is 13.0. The van der Waals surface area contributed by atoms with Gasteiger partial charge in [-0.15, -0.1) is 0 Å². The number of carbonyl (C=O) groups excluding carboxylic acids is 1. The third-order valence-corrected chi connectivity index (χ3v) is 8.18. The highest BCUT2D eigenvalue weighted by Gasteiger charge is 2.24. The van der Waals surface area contributed by atoms with Gasteiger partial charge in [-0.2, -0.15) is 0 Å². The highest BCUT2D eigenvalue weighted by Crippen LogP contribution is 2.36. The molecular formula is C37H43NO9. The fourth-order valence-electron chi connectivity index (χ4n) is 5.56. The molecule has 47 heavy (non-hydrogen) atoms. The summed E-state index contributed by atoms with van der Waals surface area (Å²) in [7, 11) is 0. The van der Waals surface area contributed by atoms with E-state index in [-0.39, 0.29) is 31.4 Å². The molecule has 1 fully saturated rings. The van der Waals surface area contributed by atoms with Crippen LogP contribution in [-0.4, -0.2) is 60.5 Å². The molecule has 10 heteroatoms. The lowest BCUT2D eigenvalue weighted by Crippen LogP contribution is -2.25. The quantitative estimate of drug-likeness (QED) is 0.125. The van der Waals surface area contributed by atoms with Crippen molar-refractivity contribution in [3.05, 3.63) is 71.3 Å². The number of hydrogen-bond donors (Lipinski definition) is 3. The van der Waals surface area contributed by atoms with Gasteiger partial charge in [0, 0.05) is 24.4 Å². The first-order valence-corrected chi connectivity index (χ1v) is 16.5. The van der Waals surface area contributed by atoms with Crippen molar-refractivity contribution in [3.8, 4) is 34.1 Å². The van der Waals surface area contributed by atoms with E-state index in [1.807, 2.05) is 48.5 Å². The molecule has 0 saturated heterocycles. The molecule has 2 aliphatic rings. The van der Waals surface area contributed by atoms with Crippen LogP contribution in [0, 0.1) is 0 Å². The van der Waals surface area contributed by atoms with Crippen LogP contribution in [0.4, 0.5) is 0 Å². The van der Waals surface area contributed by atoms with Crippen molar-refractivity contribution in [1.29, 1.82) is 0 Å². The molecule has 1 heterocycles. The predicted molar refractivity (Wildman–Crippen MR) is 176 cm³/mol. The van der Waals surface area contributed by atoms with Crippen molar-refractivity contribution in [2.45, 2.75) is 76.7 Å². The van der Waals surface area contributed by atoms with E-state index in [2.05, 4.69) is 5.32 Å². The van der Waals surface area contributed by atoms with Crippen molar-refractivity contribution in [1.82, 2.24) is 5.32 Å². The highest BCUT2D eigenvalue weighted by molar-refractivity contribution is 5.96. The number of rotatable bonds is 19. The van der Waals surface area contributed by atoms with Gasteiger partial charge >= 0.3 is 11.9 Å². The normalized spacial score (nSPS) is 13.5. The summed E-state index contributed by atoms with van der Waals surface area (Å²) in [6, 6.07) is 17.4. The second kappa shape index (κ2) is 16.7. The van der Waals surface area contributed by atoms with Gasteiger partial charge in [-0.3, -0.25) is 14.4 Å². The maximum absolute atomic E-state index is 13.0. The number of aliphatic carboxylic acids is 2. The minimum Gasteiger partial charge on any atom is -0.494 e. The predicted octanol–water partition coefficient (Wildman–Crippen LogP) is 6.46. The van der Waals surface area contributed by atoms with Crippen molar-refractivity contribution in [2.24, 2.45) is 0 Å². The van der Waals surface area contributed by atoms with Gasteiger partial charge in [0.25, 0.3) is 5.91 Å². The number of benzene rings is 3. The van der Waals surface area contributed by atoms with Gasteiger partial charge in [-0.25, -0.2) is 0 Å². The lowest BCUT2D eigenvalue weighted by molar-refractivity contribution is -0.138. The zero-order valence-electron chi connectivity index (χ0n) is 26.6. The third-order valence-electron chi connectivity index (χ3n) is 8.18. The maximum Gasteiger partial charge on any atom is 0.303 e. The number of ether oxygens (including phenoxy) is 4. The minimum absolute atomic E-state index is 0.000338. The highest BCUT2D eigenvalue weighted by atomic mass is 16.6. The number of carbonyl (C=O) groups is 3. The van der Waals surface area contributed by atoms with Crippen LogP contribution in [0.25, 0.3) is 11.1 Å². The molecule has 0 aromatic heterocycles. The summed E-state index contributed by atoms with van der Waals surface area (Å²) in [6.45, 7) is 1.80. The molecule has 0 unspecified atom stereocenters. The molecule has 250 valence electrons. The number of nitrogens with one attached hydrogen (secondary N) is 1. The van der Waals surface area contributed by atoms with Crippen molar-refractivity contribution in [3.63, 3.8) is 0 Å². The van der Waals surface area contributed by atoms with E-state index in [1.54, 1.807) is 6.07 Å². The Balaban J connectivity index is 1.14. The minimum atomic E-state index is -0.871. The molecule has 0 bridgehead atoms. The number of carboxylic acid groups (broad SMARTS) is 2. The summed E-state index contributed by atoms with van der Waals surface area (Å²) in [6.07, 6.45) is 7.27. The zero-order valence-corrected chi connectivity index (χ0v) is 26.6. The van der Waals surface area contributed by atoms with Crippen LogP contribution in [-0.2, 0) is 22.4 Å². The summed E-state index contributed by atoms with van der Waals surface area (Å²) in [5.74, 6) is 0.828. The molecule has 3 aromatic rings. The van der Waals surface area contributed by atoms with E-state index >= 15 is 0 Å². The largest absolute Gasteiger partial charge is 0.494 e. The molecule has 10 nitrogen and oxygen atoms in total. The monoisotopic (exact) mass is 645 g/mol. The molecule has 5 rings (SSSR count). The Morgan fingerprint density at radius 1 is 0.745 bits per heavy atom. The number of unbranched alkanes of at least 4 members (excludes halogenated alkanes) is 3. The molecule has 3 N–H and O–H groups in total. The SMILES string of the molecule is O=C(O)CCCOc1cccc(CCCCCCOc2cc(C(=O)NC3CC3)cc(-c3ccc4c(c3)OCCO4)c2)c1CCC(=O)O. The van der Waals surface area contributed by atoms with E-state index in [4.69, 9.17) is 24.1 Å². The molecule has 0 atom stereocenters. The van der Waals surface area contributed by atoms with Crippen molar-refractivity contribution < 1.29 is 43.5 Å². The summed E-state index contributed by atoms with van der Waals surface area (Å²) in [5, 5.41) is 21.2. The van der Waals surface area contributed by atoms with E-state index in [9.17, 15) is 19.5 Å². The van der Waals surface area contributed by atoms with Crippen molar-refractivity contribution >= 4 is 17.8 Å². The number of carboxylic acids is 2. The Kier molecular flexibility index (Phi) is 12.0. The molecule has 1 saturated carbocycles. The summed E-state index contributed by atoms with van der Waals surface area (Å²) in [5.41, 5.74) is 4.29. The van der Waals surface area contributed by atoms with E-state index in [1.165, 1.54) is 0 Å². The van der Waals surface area contributed by atoms with E-state index < -0.39 is 11.9 Å². The number of hydrogen-bond acceptors (Lipinski definition) is 7. The fourth-order valence-corrected chi connectivity index (χ4v) is 5.56. The molecule has 0 radical (unpaired) electrons. The first-order valence-electron chi connectivity index (χ1n) is 16.5. The molecule has 1 amide bonds. The summed E-state index contributed by atoms with van der Waals surface area (Å²) in [4.78, 5) is 35.1. The average molecular weight is 646 g/mol. The van der Waals surface area contributed by atoms with E-state index in [0.717, 1.165) is 67.2 Å². The molecule has 0 spiro atoms. The summed E-state index contributed by atoms with van der Waals surface area (Å²) < 4.78 is 23.5. The molecule has 3 aromatic carbocycles. The van der Waals surface area contributed by atoms with Crippen LogP contribution in [0.5, 0.6) is 23.0 Å². The summed E-state index contributed by atoms with van der Waals surface area (Å²) >= 11 is 0. The first kappa shape index (κ1) is 33.6. The van der Waals surface area contributed by atoms with E-state index in [0.29, 0.717) is 61.2 Å². The topological polar surface area (TPSA) is 141 Å². The number of amides is 1. The lowest BCUT2D eigenvalue weighted by atomic mass is 9.97. The Morgan fingerprint density at radius 2 is 1.51 bits per heavy atom. The number of fused-ring (bicyclic) bond motifs is 1. The first-order chi connectivity index (χ1) is 22.9. The fraction of sp³-hybridized carbons (Fsp3) is 0.432. The second-order valence-corrected chi connectivity index (χ2v) is 12.0. The zero-order chi connectivity index (χ0) is 33.0. The van der Waals surface area contributed by atoms with Gasteiger partial charge in [0.2, 0.25) is 0 Å². The Labute approximate surface area is 275 Å². The third kappa shape index (κ3) is 10.4. The molecular weight excluding hydrogens is 602 g/mol. The van der Waals surface area contributed by atoms with Crippen LogP contribution in [0.15, 0.2) is 54.6 Å². The van der Waals surface area contributed by atoms with Crippen LogP contribution in [0.1, 0.15) is 79.3 Å². The standard InChI is InChI=1S/C37H43NO9/c39-35(40)10-6-18-45-32-9-5-8-25(31(32)14-16-36(41)42)7-3-1-2-4-17-44-30-22-27(21-28(23-30)37(43)38-29-12-13-29)26-11-15-33-34(24-26)47-20-19-46-33/h5,8-9,11,15,21-24,29H,1-4,6-7,10,12-14,16-20H2,(H,38,43)(H,39,40)(H,41,42). The van der Waals surface area contributed by atoms with Crippen LogP contribution in [0.2, 0.25) is 0 Å². The van der Waals surface area contributed by atoms with Gasteiger partial charge in [-0.05, 0) is 104 Å². The van der Waals surface area contributed by atoms with Gasteiger partial charge in [0.1, 0.15) is 24.7 Å². The second-order valence-electron chi connectivity index (χ2n) is 12.0. The molecule has 1 aliphatic carbocycles. The lowest BCUT2D eigenvalue weighted by Gasteiger charge is -2.19. The van der Waals surface area contributed by atoms with Gasteiger partial charge in [0.05, 0.1) is 13.2 Å². The van der Waals surface area contributed by atoms with Crippen LogP contribution >= 0.6 is 0 Å². The van der Waals surface area contributed by atoms with Gasteiger partial charge in [0.15, 0.2) is 11.5 Å². The van der Waals surface area contributed by atoms with Crippen molar-refractivity contribution in [2.75, 3.05) is 26.4 Å². The smallest absolute Gasteiger partial charge is 0.303 e. The van der Waals surface area contributed by atoms with Gasteiger partial charge < -0.3 is 34.5 Å². The van der Waals surface area contributed by atoms with Crippen LogP contribution in [0.3, 0.4) is 0 Å². The van der Waals surface area contributed by atoms with Crippen LogP contribution < -0.4 is 24.3 Å². The Bertz CT molecular complexity index is 1550. The Hall–Kier alpha value is -4.73. The Morgan fingerprint density at radius 3 is 2.30 bits per heavy atom. The average Bonchev–Trinajstić information content (AvgIpc) is 3.89. The molecule has 1 aliphatic heterocycles.